The van der Waals surface area contributed by atoms with Gasteiger partial charge < -0.3 is 4.90 Å². The predicted octanol–water partition coefficient (Wildman–Crippen LogP) is 1.92. The van der Waals surface area contributed by atoms with Gasteiger partial charge in [-0.1, -0.05) is 19.3 Å². The smallest absolute Gasteiger partial charge is 0.225 e. The maximum Gasteiger partial charge on any atom is 0.225 e. The summed E-state index contributed by atoms with van der Waals surface area (Å²) in [4.78, 5) is 16.6. The molecule has 3 fully saturated rings. The zero-order valence-corrected chi connectivity index (χ0v) is 14.3. The van der Waals surface area contributed by atoms with Crippen molar-refractivity contribution in [2.75, 3.05) is 44.2 Å². The van der Waals surface area contributed by atoms with Crippen molar-refractivity contribution in [1.29, 1.82) is 0 Å². The first-order valence-corrected chi connectivity index (χ1v) is 9.31. The molecule has 0 radical (unpaired) electrons. The van der Waals surface area contributed by atoms with Gasteiger partial charge in [-0.25, -0.2) is 9.97 Å². The van der Waals surface area contributed by atoms with Gasteiger partial charge in [0.1, 0.15) is 0 Å². The molecule has 1 aromatic heterocycles. The Balaban J connectivity index is 1.23. The van der Waals surface area contributed by atoms with Crippen LogP contribution >= 0.6 is 0 Å². The molecule has 3 heterocycles. The van der Waals surface area contributed by atoms with Crippen LogP contribution in [0.3, 0.4) is 0 Å². The van der Waals surface area contributed by atoms with Crippen LogP contribution in [0.2, 0.25) is 0 Å². The Kier molecular flexibility index (Phi) is 4.49. The fraction of sp³-hybridized carbons (Fsp3) is 0.778. The Labute approximate surface area is 139 Å². The molecule has 0 amide bonds. The van der Waals surface area contributed by atoms with E-state index in [1.54, 1.807) is 0 Å². The highest BCUT2D eigenvalue weighted by molar-refractivity contribution is 5.35. The second kappa shape index (κ2) is 6.73. The van der Waals surface area contributed by atoms with Crippen LogP contribution in [0.15, 0.2) is 12.4 Å². The zero-order valence-electron chi connectivity index (χ0n) is 14.3. The molecule has 0 spiro atoms. The van der Waals surface area contributed by atoms with E-state index in [1.807, 2.05) is 19.3 Å². The molecule has 0 bridgehead atoms. The fourth-order valence-corrected chi connectivity index (χ4v) is 4.31. The van der Waals surface area contributed by atoms with E-state index in [4.69, 9.17) is 0 Å². The number of hydrogen-bond acceptors (Lipinski definition) is 5. The SMILES string of the molecule is Cc1cnc(N2CC(N3CCN(C4CCCCC4)CC3)C2)nc1. The summed E-state index contributed by atoms with van der Waals surface area (Å²) < 4.78 is 0. The monoisotopic (exact) mass is 315 g/mol. The third kappa shape index (κ3) is 3.36. The topological polar surface area (TPSA) is 35.5 Å². The van der Waals surface area contributed by atoms with E-state index in [0.717, 1.165) is 30.6 Å². The summed E-state index contributed by atoms with van der Waals surface area (Å²) >= 11 is 0. The minimum atomic E-state index is 0.702. The summed E-state index contributed by atoms with van der Waals surface area (Å²) in [5.41, 5.74) is 1.13. The maximum atomic E-state index is 4.44. The van der Waals surface area contributed by atoms with Gasteiger partial charge in [0, 0.05) is 63.7 Å². The number of piperazine rings is 1. The van der Waals surface area contributed by atoms with Gasteiger partial charge in [0.2, 0.25) is 5.95 Å². The highest BCUT2D eigenvalue weighted by Gasteiger charge is 2.35. The van der Waals surface area contributed by atoms with E-state index < -0.39 is 0 Å². The lowest BCUT2D eigenvalue weighted by Crippen LogP contribution is -2.64. The first-order valence-electron chi connectivity index (χ1n) is 9.31. The number of hydrogen-bond donors (Lipinski definition) is 0. The van der Waals surface area contributed by atoms with E-state index in [9.17, 15) is 0 Å². The van der Waals surface area contributed by atoms with Crippen molar-refractivity contribution in [3.8, 4) is 0 Å². The normalized spacial score (nSPS) is 25.5. The third-order valence-corrected chi connectivity index (χ3v) is 5.87. The molecule has 2 aliphatic heterocycles. The van der Waals surface area contributed by atoms with E-state index in [-0.39, 0.29) is 0 Å². The minimum absolute atomic E-state index is 0.702. The van der Waals surface area contributed by atoms with Gasteiger partial charge in [0.05, 0.1) is 0 Å². The number of anilines is 1. The van der Waals surface area contributed by atoms with Gasteiger partial charge in [0.15, 0.2) is 0 Å². The Hall–Kier alpha value is -1.20. The molecule has 0 aromatic carbocycles. The summed E-state index contributed by atoms with van der Waals surface area (Å²) in [5.74, 6) is 0.896. The molecule has 1 aliphatic carbocycles. The van der Waals surface area contributed by atoms with Crippen LogP contribution in [0.4, 0.5) is 5.95 Å². The average molecular weight is 315 g/mol. The number of nitrogens with zero attached hydrogens (tertiary/aromatic N) is 5. The molecule has 1 saturated carbocycles. The molecule has 4 rings (SSSR count). The lowest BCUT2D eigenvalue weighted by Gasteiger charge is -2.49. The van der Waals surface area contributed by atoms with E-state index in [2.05, 4.69) is 24.7 Å². The van der Waals surface area contributed by atoms with Crippen molar-refractivity contribution in [3.05, 3.63) is 18.0 Å². The van der Waals surface area contributed by atoms with Crippen molar-refractivity contribution in [2.24, 2.45) is 0 Å². The van der Waals surface area contributed by atoms with Crippen LogP contribution in [0.1, 0.15) is 37.7 Å². The Bertz CT molecular complexity index is 497. The first kappa shape index (κ1) is 15.3. The van der Waals surface area contributed by atoms with Crippen LogP contribution in [0.5, 0.6) is 0 Å². The zero-order chi connectivity index (χ0) is 15.6. The van der Waals surface area contributed by atoms with Crippen molar-refractivity contribution < 1.29 is 0 Å². The summed E-state index contributed by atoms with van der Waals surface area (Å²) in [6, 6.07) is 1.58. The van der Waals surface area contributed by atoms with Crippen LogP contribution in [0, 0.1) is 6.92 Å². The Morgan fingerprint density at radius 3 is 2.00 bits per heavy atom. The molecular weight excluding hydrogens is 286 g/mol. The predicted molar refractivity (Wildman–Crippen MR) is 92.8 cm³/mol. The van der Waals surface area contributed by atoms with E-state index >= 15 is 0 Å². The second-order valence-electron chi connectivity index (χ2n) is 7.48. The molecule has 1 aromatic rings. The van der Waals surface area contributed by atoms with Gasteiger partial charge in [-0.3, -0.25) is 9.80 Å². The fourth-order valence-electron chi connectivity index (χ4n) is 4.31. The number of aryl methyl sites for hydroxylation is 1. The lowest BCUT2D eigenvalue weighted by atomic mass is 9.93. The summed E-state index contributed by atoms with van der Waals surface area (Å²) in [7, 11) is 0. The highest BCUT2D eigenvalue weighted by Crippen LogP contribution is 2.25. The Morgan fingerprint density at radius 2 is 1.39 bits per heavy atom. The standard InChI is InChI=1S/C18H29N5/c1-15-11-19-18(20-12-15)23-13-17(14-23)22-9-7-21(8-10-22)16-5-3-2-4-6-16/h11-12,16-17H,2-10,13-14H2,1H3. The molecule has 0 atom stereocenters. The summed E-state index contributed by atoms with van der Waals surface area (Å²) in [5, 5.41) is 0. The minimum Gasteiger partial charge on any atom is -0.338 e. The number of rotatable bonds is 3. The molecule has 0 N–H and O–H groups in total. The molecule has 0 unspecified atom stereocenters. The molecule has 126 valence electrons. The van der Waals surface area contributed by atoms with Gasteiger partial charge in [-0.15, -0.1) is 0 Å². The van der Waals surface area contributed by atoms with Crippen molar-refractivity contribution >= 4 is 5.95 Å². The Morgan fingerprint density at radius 1 is 0.826 bits per heavy atom. The second-order valence-corrected chi connectivity index (χ2v) is 7.48. The summed E-state index contributed by atoms with van der Waals surface area (Å²) in [6.45, 7) is 9.23. The molecule has 5 heteroatoms. The van der Waals surface area contributed by atoms with Gasteiger partial charge >= 0.3 is 0 Å². The van der Waals surface area contributed by atoms with Crippen molar-refractivity contribution in [2.45, 2.75) is 51.1 Å². The molecule has 5 nitrogen and oxygen atoms in total. The van der Waals surface area contributed by atoms with Crippen LogP contribution in [-0.2, 0) is 0 Å². The molecule has 3 aliphatic rings. The molecule has 2 saturated heterocycles. The lowest BCUT2D eigenvalue weighted by molar-refractivity contribution is 0.0485. The van der Waals surface area contributed by atoms with E-state index in [1.165, 1.54) is 58.3 Å². The highest BCUT2D eigenvalue weighted by atomic mass is 15.4. The van der Waals surface area contributed by atoms with E-state index in [0.29, 0.717) is 6.04 Å². The largest absolute Gasteiger partial charge is 0.338 e. The summed E-state index contributed by atoms with van der Waals surface area (Å²) in [6.07, 6.45) is 11.0. The maximum absolute atomic E-state index is 4.44. The van der Waals surface area contributed by atoms with Crippen molar-refractivity contribution in [3.63, 3.8) is 0 Å². The number of aromatic nitrogens is 2. The third-order valence-electron chi connectivity index (χ3n) is 5.87. The van der Waals surface area contributed by atoms with Gasteiger partial charge in [-0.05, 0) is 25.3 Å². The molecular formula is C18H29N5. The van der Waals surface area contributed by atoms with Crippen LogP contribution in [0.25, 0.3) is 0 Å². The van der Waals surface area contributed by atoms with Crippen molar-refractivity contribution in [1.82, 2.24) is 19.8 Å². The first-order chi connectivity index (χ1) is 11.3. The quantitative estimate of drug-likeness (QED) is 0.851. The van der Waals surface area contributed by atoms with Crippen LogP contribution < -0.4 is 4.90 Å². The average Bonchev–Trinajstić information content (AvgIpc) is 2.57. The van der Waals surface area contributed by atoms with Gasteiger partial charge in [-0.2, -0.15) is 0 Å². The molecule has 23 heavy (non-hydrogen) atoms. The van der Waals surface area contributed by atoms with Gasteiger partial charge in [0.25, 0.3) is 0 Å². The van der Waals surface area contributed by atoms with Crippen LogP contribution in [-0.4, -0.2) is 71.1 Å².